The third kappa shape index (κ3) is 3.79. The molecule has 0 heterocycles. The summed E-state index contributed by atoms with van der Waals surface area (Å²) in [7, 11) is 0. The number of para-hydroxylation sites is 1. The molecule has 0 bridgehead atoms. The number of benzene rings is 1. The maximum absolute atomic E-state index is 9.48. The number of unbranched alkanes of at least 4 members (excludes halogenated alkanes) is 1. The molecule has 78 valence electrons. The second kappa shape index (κ2) is 6.44. The summed E-state index contributed by atoms with van der Waals surface area (Å²) in [5.41, 5.74) is 1.03. The molecule has 1 aromatic carbocycles. The van der Waals surface area contributed by atoms with Gasteiger partial charge in [0.1, 0.15) is 5.75 Å². The second-order valence-electron chi connectivity index (χ2n) is 3.28. The van der Waals surface area contributed by atoms with Gasteiger partial charge in [-0.05, 0) is 37.8 Å². The van der Waals surface area contributed by atoms with Crippen LogP contribution in [0.25, 0.3) is 0 Å². The van der Waals surface area contributed by atoms with Gasteiger partial charge in [-0.1, -0.05) is 18.2 Å². The van der Waals surface area contributed by atoms with Gasteiger partial charge in [0.15, 0.2) is 0 Å². The van der Waals surface area contributed by atoms with E-state index in [4.69, 9.17) is 4.74 Å². The molecule has 2 nitrogen and oxygen atoms in total. The Morgan fingerprint density at radius 1 is 1.21 bits per heavy atom. The molecular formula is C12H18O2. The Hall–Kier alpha value is -1.02. The van der Waals surface area contributed by atoms with Crippen molar-refractivity contribution in [1.29, 1.82) is 0 Å². The Balaban J connectivity index is 2.21. The molecule has 0 fully saturated rings. The van der Waals surface area contributed by atoms with Gasteiger partial charge in [0.25, 0.3) is 0 Å². The summed E-state index contributed by atoms with van der Waals surface area (Å²) < 4.78 is 5.24. The molecule has 0 aliphatic carbocycles. The maximum Gasteiger partial charge on any atom is 0.118 e. The first kappa shape index (κ1) is 11.1. The van der Waals surface area contributed by atoms with E-state index in [1.54, 1.807) is 6.07 Å². The monoisotopic (exact) mass is 194 g/mol. The molecule has 0 unspecified atom stereocenters. The lowest BCUT2D eigenvalue weighted by atomic mass is 10.1. The highest BCUT2D eigenvalue weighted by molar-refractivity contribution is 5.31. The zero-order valence-electron chi connectivity index (χ0n) is 8.70. The Morgan fingerprint density at radius 3 is 2.71 bits per heavy atom. The molecule has 0 amide bonds. The lowest BCUT2D eigenvalue weighted by molar-refractivity contribution is 0.143. The summed E-state index contributed by atoms with van der Waals surface area (Å²) in [6.07, 6.45) is 3.06. The highest BCUT2D eigenvalue weighted by Gasteiger charge is 1.98. The predicted molar refractivity (Wildman–Crippen MR) is 57.5 cm³/mol. The fourth-order valence-electron chi connectivity index (χ4n) is 1.39. The van der Waals surface area contributed by atoms with Gasteiger partial charge in [-0.15, -0.1) is 0 Å². The standard InChI is InChI=1S/C12H18O2/c1-2-14-10-6-5-8-11-7-3-4-9-12(11)13/h3-4,7,9,13H,2,5-6,8,10H2,1H3. The van der Waals surface area contributed by atoms with E-state index >= 15 is 0 Å². The largest absolute Gasteiger partial charge is 0.508 e. The highest BCUT2D eigenvalue weighted by Crippen LogP contribution is 2.17. The first-order valence-corrected chi connectivity index (χ1v) is 5.19. The van der Waals surface area contributed by atoms with Crippen LogP contribution in [0.3, 0.4) is 0 Å². The van der Waals surface area contributed by atoms with E-state index in [1.807, 2.05) is 25.1 Å². The number of rotatable bonds is 6. The molecule has 1 aromatic rings. The SMILES string of the molecule is CCOCCCCc1ccccc1O. The van der Waals surface area contributed by atoms with Crippen molar-refractivity contribution in [1.82, 2.24) is 0 Å². The van der Waals surface area contributed by atoms with Crippen molar-refractivity contribution in [3.05, 3.63) is 29.8 Å². The zero-order chi connectivity index (χ0) is 10.2. The smallest absolute Gasteiger partial charge is 0.118 e. The molecule has 0 saturated heterocycles. The summed E-state index contributed by atoms with van der Waals surface area (Å²) >= 11 is 0. The van der Waals surface area contributed by atoms with Crippen molar-refractivity contribution in [3.8, 4) is 5.75 Å². The fourth-order valence-corrected chi connectivity index (χ4v) is 1.39. The van der Waals surface area contributed by atoms with Crippen LogP contribution in [-0.4, -0.2) is 18.3 Å². The Bertz CT molecular complexity index is 258. The molecule has 2 heteroatoms. The van der Waals surface area contributed by atoms with Crippen LogP contribution >= 0.6 is 0 Å². The summed E-state index contributed by atoms with van der Waals surface area (Å²) in [5, 5.41) is 9.48. The van der Waals surface area contributed by atoms with Crippen molar-refractivity contribution < 1.29 is 9.84 Å². The summed E-state index contributed by atoms with van der Waals surface area (Å²) in [6, 6.07) is 7.50. The van der Waals surface area contributed by atoms with Crippen molar-refractivity contribution in [2.24, 2.45) is 0 Å². The van der Waals surface area contributed by atoms with Gasteiger partial charge >= 0.3 is 0 Å². The lowest BCUT2D eigenvalue weighted by Gasteiger charge is -2.04. The summed E-state index contributed by atoms with van der Waals surface area (Å²) in [4.78, 5) is 0. The van der Waals surface area contributed by atoms with Crippen LogP contribution in [0.5, 0.6) is 5.75 Å². The molecular weight excluding hydrogens is 176 g/mol. The van der Waals surface area contributed by atoms with Crippen LogP contribution in [0.2, 0.25) is 0 Å². The molecule has 0 aromatic heterocycles. The highest BCUT2D eigenvalue weighted by atomic mass is 16.5. The van der Waals surface area contributed by atoms with E-state index in [1.165, 1.54) is 0 Å². The number of phenols is 1. The average molecular weight is 194 g/mol. The van der Waals surface area contributed by atoms with Gasteiger partial charge in [-0.3, -0.25) is 0 Å². The van der Waals surface area contributed by atoms with E-state index < -0.39 is 0 Å². The van der Waals surface area contributed by atoms with Crippen LogP contribution < -0.4 is 0 Å². The lowest BCUT2D eigenvalue weighted by Crippen LogP contribution is -1.94. The number of hydrogen-bond donors (Lipinski definition) is 1. The number of hydrogen-bond acceptors (Lipinski definition) is 2. The molecule has 1 rings (SSSR count). The fraction of sp³-hybridized carbons (Fsp3) is 0.500. The maximum atomic E-state index is 9.48. The predicted octanol–water partition coefficient (Wildman–Crippen LogP) is 2.75. The van der Waals surface area contributed by atoms with Gasteiger partial charge < -0.3 is 9.84 Å². The van der Waals surface area contributed by atoms with E-state index in [0.29, 0.717) is 5.75 Å². The number of aryl methyl sites for hydroxylation is 1. The van der Waals surface area contributed by atoms with Crippen molar-refractivity contribution in [3.63, 3.8) is 0 Å². The summed E-state index contributed by atoms with van der Waals surface area (Å²) in [6.45, 7) is 3.61. The zero-order valence-corrected chi connectivity index (χ0v) is 8.70. The van der Waals surface area contributed by atoms with Gasteiger partial charge in [-0.2, -0.15) is 0 Å². The molecule has 0 radical (unpaired) electrons. The van der Waals surface area contributed by atoms with Crippen molar-refractivity contribution in [2.45, 2.75) is 26.2 Å². The molecule has 0 aliphatic heterocycles. The van der Waals surface area contributed by atoms with Crippen molar-refractivity contribution >= 4 is 0 Å². The Morgan fingerprint density at radius 2 is 2.00 bits per heavy atom. The van der Waals surface area contributed by atoms with Crippen LogP contribution in [-0.2, 0) is 11.2 Å². The summed E-state index contributed by atoms with van der Waals surface area (Å²) in [5.74, 6) is 0.406. The van der Waals surface area contributed by atoms with E-state index in [2.05, 4.69) is 0 Å². The van der Waals surface area contributed by atoms with E-state index in [0.717, 1.165) is 38.0 Å². The molecule has 0 spiro atoms. The third-order valence-electron chi connectivity index (χ3n) is 2.18. The molecule has 14 heavy (non-hydrogen) atoms. The van der Waals surface area contributed by atoms with Crippen molar-refractivity contribution in [2.75, 3.05) is 13.2 Å². The van der Waals surface area contributed by atoms with E-state index in [-0.39, 0.29) is 0 Å². The third-order valence-corrected chi connectivity index (χ3v) is 2.18. The van der Waals surface area contributed by atoms with Gasteiger partial charge in [0.2, 0.25) is 0 Å². The minimum absolute atomic E-state index is 0.406. The molecule has 0 saturated carbocycles. The Labute approximate surface area is 85.5 Å². The number of ether oxygens (including phenoxy) is 1. The second-order valence-corrected chi connectivity index (χ2v) is 3.28. The molecule has 1 N–H and O–H groups in total. The van der Waals surface area contributed by atoms with E-state index in [9.17, 15) is 5.11 Å². The normalized spacial score (nSPS) is 10.4. The quantitative estimate of drug-likeness (QED) is 0.705. The van der Waals surface area contributed by atoms with Crippen LogP contribution in [0.4, 0.5) is 0 Å². The number of phenolic OH excluding ortho intramolecular Hbond substituents is 1. The first-order valence-electron chi connectivity index (χ1n) is 5.19. The number of aromatic hydroxyl groups is 1. The molecule has 0 aliphatic rings. The van der Waals surface area contributed by atoms with Gasteiger partial charge in [-0.25, -0.2) is 0 Å². The Kier molecular flexibility index (Phi) is 5.08. The minimum atomic E-state index is 0.406. The first-order chi connectivity index (χ1) is 6.84. The van der Waals surface area contributed by atoms with Crippen LogP contribution in [0.1, 0.15) is 25.3 Å². The minimum Gasteiger partial charge on any atom is -0.508 e. The van der Waals surface area contributed by atoms with Gasteiger partial charge in [0.05, 0.1) is 0 Å². The topological polar surface area (TPSA) is 29.5 Å². The van der Waals surface area contributed by atoms with Crippen LogP contribution in [0, 0.1) is 0 Å². The molecule has 0 atom stereocenters. The average Bonchev–Trinajstić information content (AvgIpc) is 2.20. The van der Waals surface area contributed by atoms with Gasteiger partial charge in [0, 0.05) is 13.2 Å². The van der Waals surface area contributed by atoms with Crippen LogP contribution in [0.15, 0.2) is 24.3 Å².